The molecule has 0 radical (unpaired) electrons. The maximum Gasteiger partial charge on any atom is 0.278 e. The fourth-order valence-electron chi connectivity index (χ4n) is 2.47. The number of pyridine rings is 1. The van der Waals surface area contributed by atoms with E-state index in [1.165, 1.54) is 16.9 Å². The molecule has 2 N–H and O–H groups in total. The number of nitrogens with zero attached hydrogens (tertiary/aromatic N) is 2. The SMILES string of the molecule is COCC1CN2C(=O)c3c(O)c(=O)ccn3N[C@@H]2CO1. The molecule has 0 saturated carbocycles. The summed E-state index contributed by atoms with van der Waals surface area (Å²) in [5.74, 6) is -0.938. The maximum absolute atomic E-state index is 12.4. The molecule has 0 bridgehead atoms. The summed E-state index contributed by atoms with van der Waals surface area (Å²) in [5.41, 5.74) is 2.39. The Morgan fingerprint density at radius 2 is 2.35 bits per heavy atom. The molecular weight excluding hydrogens is 266 g/mol. The van der Waals surface area contributed by atoms with Crippen molar-refractivity contribution in [2.24, 2.45) is 0 Å². The number of hydrogen-bond donors (Lipinski definition) is 2. The van der Waals surface area contributed by atoms with Gasteiger partial charge in [-0.05, 0) is 0 Å². The Labute approximate surface area is 114 Å². The third kappa shape index (κ3) is 1.93. The van der Waals surface area contributed by atoms with Gasteiger partial charge in [0.1, 0.15) is 6.17 Å². The largest absolute Gasteiger partial charge is 0.502 e. The Kier molecular flexibility index (Phi) is 3.11. The fourth-order valence-corrected chi connectivity index (χ4v) is 2.47. The van der Waals surface area contributed by atoms with Crippen molar-refractivity contribution < 1.29 is 19.4 Å². The predicted octanol–water partition coefficient (Wildman–Crippen LogP) is -1.08. The van der Waals surface area contributed by atoms with Crippen LogP contribution >= 0.6 is 0 Å². The van der Waals surface area contributed by atoms with Crippen molar-refractivity contribution in [3.8, 4) is 5.75 Å². The number of ether oxygens (including phenoxy) is 2. The molecule has 0 aromatic carbocycles. The van der Waals surface area contributed by atoms with Gasteiger partial charge in [0.2, 0.25) is 5.43 Å². The van der Waals surface area contributed by atoms with Gasteiger partial charge in [-0.2, -0.15) is 0 Å². The third-order valence-electron chi connectivity index (χ3n) is 3.44. The van der Waals surface area contributed by atoms with E-state index >= 15 is 0 Å². The van der Waals surface area contributed by atoms with E-state index in [1.54, 1.807) is 12.0 Å². The first-order chi connectivity index (χ1) is 9.61. The van der Waals surface area contributed by atoms with Crippen molar-refractivity contribution in [2.45, 2.75) is 12.3 Å². The van der Waals surface area contributed by atoms with Gasteiger partial charge < -0.3 is 24.9 Å². The zero-order valence-corrected chi connectivity index (χ0v) is 10.9. The molecule has 20 heavy (non-hydrogen) atoms. The molecule has 1 aromatic rings. The topological polar surface area (TPSA) is 93.0 Å². The Morgan fingerprint density at radius 3 is 3.10 bits per heavy atom. The van der Waals surface area contributed by atoms with Gasteiger partial charge in [0, 0.05) is 19.4 Å². The number of carbonyl (C=O) groups excluding carboxylic acids is 1. The van der Waals surface area contributed by atoms with Gasteiger partial charge in [-0.3, -0.25) is 14.3 Å². The number of fused-ring (bicyclic) bond motifs is 2. The lowest BCUT2D eigenvalue weighted by atomic mass is 10.2. The van der Waals surface area contributed by atoms with Crippen LogP contribution in [-0.2, 0) is 9.47 Å². The van der Waals surface area contributed by atoms with Crippen molar-refractivity contribution >= 4 is 5.91 Å². The molecule has 1 fully saturated rings. The summed E-state index contributed by atoms with van der Waals surface area (Å²) in [6.07, 6.45) is 0.879. The Morgan fingerprint density at radius 1 is 1.55 bits per heavy atom. The van der Waals surface area contributed by atoms with Crippen LogP contribution in [0.1, 0.15) is 10.5 Å². The van der Waals surface area contributed by atoms with Crippen LogP contribution in [0.15, 0.2) is 17.1 Å². The monoisotopic (exact) mass is 281 g/mol. The lowest BCUT2D eigenvalue weighted by molar-refractivity contribution is -0.0768. The van der Waals surface area contributed by atoms with Crippen LogP contribution in [0.2, 0.25) is 0 Å². The first-order valence-electron chi connectivity index (χ1n) is 6.24. The molecule has 2 aliphatic heterocycles. The number of aromatic nitrogens is 1. The van der Waals surface area contributed by atoms with Crippen LogP contribution in [-0.4, -0.2) is 59.7 Å². The lowest BCUT2D eigenvalue weighted by Gasteiger charge is -2.43. The minimum Gasteiger partial charge on any atom is -0.502 e. The van der Waals surface area contributed by atoms with E-state index in [-0.39, 0.29) is 18.0 Å². The van der Waals surface area contributed by atoms with E-state index in [4.69, 9.17) is 9.47 Å². The van der Waals surface area contributed by atoms with Crippen molar-refractivity contribution in [3.05, 3.63) is 28.2 Å². The maximum atomic E-state index is 12.4. The smallest absolute Gasteiger partial charge is 0.278 e. The van der Waals surface area contributed by atoms with E-state index in [2.05, 4.69) is 5.43 Å². The Hall–Kier alpha value is -2.06. The molecule has 0 aliphatic carbocycles. The number of nitrogens with one attached hydrogen (secondary N) is 1. The second kappa shape index (κ2) is 4.80. The molecule has 3 rings (SSSR count). The molecule has 1 saturated heterocycles. The van der Waals surface area contributed by atoms with Crippen LogP contribution in [0.5, 0.6) is 5.75 Å². The lowest BCUT2D eigenvalue weighted by Crippen LogP contribution is -2.61. The van der Waals surface area contributed by atoms with Crippen molar-refractivity contribution in [2.75, 3.05) is 32.3 Å². The second-order valence-electron chi connectivity index (χ2n) is 4.76. The molecule has 8 heteroatoms. The average molecular weight is 281 g/mol. The van der Waals surface area contributed by atoms with Crippen molar-refractivity contribution in [3.63, 3.8) is 0 Å². The molecule has 2 aliphatic rings. The van der Waals surface area contributed by atoms with Gasteiger partial charge in [-0.1, -0.05) is 0 Å². The van der Waals surface area contributed by atoms with Crippen molar-refractivity contribution in [1.82, 2.24) is 9.58 Å². The number of amides is 1. The van der Waals surface area contributed by atoms with Crippen LogP contribution in [0.25, 0.3) is 0 Å². The highest BCUT2D eigenvalue weighted by molar-refractivity contribution is 5.96. The van der Waals surface area contributed by atoms with Gasteiger partial charge >= 0.3 is 0 Å². The number of aromatic hydroxyl groups is 1. The number of methoxy groups -OCH3 is 1. The summed E-state index contributed by atoms with van der Waals surface area (Å²) in [6.45, 7) is 1.03. The zero-order chi connectivity index (χ0) is 14.3. The number of hydrogen-bond acceptors (Lipinski definition) is 6. The van der Waals surface area contributed by atoms with Crippen LogP contribution < -0.4 is 10.9 Å². The van der Waals surface area contributed by atoms with E-state index in [1.807, 2.05) is 0 Å². The summed E-state index contributed by atoms with van der Waals surface area (Å²) in [6, 6.07) is 1.20. The van der Waals surface area contributed by atoms with Gasteiger partial charge in [0.15, 0.2) is 11.4 Å². The molecule has 2 atom stereocenters. The minimum absolute atomic E-state index is 0.0492. The van der Waals surface area contributed by atoms with E-state index in [0.29, 0.717) is 19.8 Å². The highest BCUT2D eigenvalue weighted by atomic mass is 16.5. The summed E-state index contributed by atoms with van der Waals surface area (Å²) in [5, 5.41) is 9.80. The fraction of sp³-hybridized carbons (Fsp3) is 0.500. The molecule has 8 nitrogen and oxygen atoms in total. The summed E-state index contributed by atoms with van der Waals surface area (Å²) < 4.78 is 12.0. The average Bonchev–Trinajstić information content (AvgIpc) is 2.44. The standard InChI is InChI=1S/C12H15N3O5/c1-19-5-7-4-14-9(6-20-7)13-15-3-2-8(16)11(17)10(15)12(14)18/h2-3,7,9,13,17H,4-6H2,1H3/t7?,9-/m0/s1. The van der Waals surface area contributed by atoms with Gasteiger partial charge in [0.25, 0.3) is 5.91 Å². The molecule has 0 spiro atoms. The molecule has 1 aromatic heterocycles. The van der Waals surface area contributed by atoms with Gasteiger partial charge in [0.05, 0.1) is 25.9 Å². The Balaban J connectivity index is 1.95. The summed E-state index contributed by atoms with van der Waals surface area (Å²) >= 11 is 0. The highest BCUT2D eigenvalue weighted by Crippen LogP contribution is 2.23. The third-order valence-corrected chi connectivity index (χ3v) is 3.44. The second-order valence-corrected chi connectivity index (χ2v) is 4.76. The van der Waals surface area contributed by atoms with E-state index < -0.39 is 17.1 Å². The molecule has 1 amide bonds. The van der Waals surface area contributed by atoms with Crippen LogP contribution in [0.4, 0.5) is 0 Å². The summed E-state index contributed by atoms with van der Waals surface area (Å²) in [7, 11) is 1.56. The minimum atomic E-state index is -0.577. The number of rotatable bonds is 2. The summed E-state index contributed by atoms with van der Waals surface area (Å²) in [4.78, 5) is 25.4. The number of carbonyl (C=O) groups is 1. The molecule has 3 heterocycles. The normalized spacial score (nSPS) is 24.9. The van der Waals surface area contributed by atoms with Crippen LogP contribution in [0, 0.1) is 0 Å². The van der Waals surface area contributed by atoms with E-state index in [9.17, 15) is 14.7 Å². The molecular formula is C12H15N3O5. The molecule has 1 unspecified atom stereocenters. The first-order valence-corrected chi connectivity index (χ1v) is 6.24. The van der Waals surface area contributed by atoms with Gasteiger partial charge in [-0.15, -0.1) is 0 Å². The van der Waals surface area contributed by atoms with Crippen LogP contribution in [0.3, 0.4) is 0 Å². The Bertz CT molecular complexity index is 599. The first kappa shape index (κ1) is 12.9. The quantitative estimate of drug-likeness (QED) is 0.716. The zero-order valence-electron chi connectivity index (χ0n) is 10.9. The van der Waals surface area contributed by atoms with Gasteiger partial charge in [-0.25, -0.2) is 0 Å². The number of morpholine rings is 1. The predicted molar refractivity (Wildman–Crippen MR) is 68.2 cm³/mol. The van der Waals surface area contributed by atoms with E-state index in [0.717, 1.165) is 0 Å². The molecule has 108 valence electrons. The van der Waals surface area contributed by atoms with Crippen molar-refractivity contribution in [1.29, 1.82) is 0 Å². The highest BCUT2D eigenvalue weighted by Gasteiger charge is 2.39.